The maximum Gasteiger partial charge on any atom is 0.314 e. The summed E-state index contributed by atoms with van der Waals surface area (Å²) in [6.07, 6.45) is -0.0486. The van der Waals surface area contributed by atoms with Gasteiger partial charge in [-0.3, -0.25) is 0 Å². The molecule has 9 heteroatoms. The Balaban J connectivity index is 1.79. The lowest BCUT2D eigenvalue weighted by molar-refractivity contribution is 0.116. The molecule has 0 spiro atoms. The van der Waals surface area contributed by atoms with Gasteiger partial charge in [0.15, 0.2) is 0 Å². The van der Waals surface area contributed by atoms with Gasteiger partial charge in [0.25, 0.3) is 11.8 Å². The molecule has 0 saturated carbocycles. The number of benzene rings is 1. The van der Waals surface area contributed by atoms with E-state index in [2.05, 4.69) is 25.5 Å². The maximum atomic E-state index is 12.4. The van der Waals surface area contributed by atoms with Crippen molar-refractivity contribution in [3.8, 4) is 11.5 Å². The minimum Gasteiger partial charge on any atom is -0.415 e. The summed E-state index contributed by atoms with van der Waals surface area (Å²) < 4.78 is 29.6. The number of nitrogens with zero attached hydrogens (tertiary/aromatic N) is 4. The molecule has 0 fully saturated rings. The zero-order valence-corrected chi connectivity index (χ0v) is 11.6. The normalized spacial score (nSPS) is 10.9. The first-order valence-corrected chi connectivity index (χ1v) is 6.47. The molecule has 0 aliphatic carbocycles. The summed E-state index contributed by atoms with van der Waals surface area (Å²) in [5, 5.41) is 10.2. The number of alkyl halides is 2. The smallest absolute Gasteiger partial charge is 0.314 e. The predicted molar refractivity (Wildman–Crippen MR) is 75.0 cm³/mol. The molecule has 1 aromatic carbocycles. The number of anilines is 2. The molecular weight excluding hydrogens is 316 g/mol. The van der Waals surface area contributed by atoms with Crippen molar-refractivity contribution < 1.29 is 13.2 Å². The summed E-state index contributed by atoms with van der Waals surface area (Å²) in [7, 11) is 0. The molecule has 6 nitrogen and oxygen atoms in total. The molecule has 2 heterocycles. The third-order valence-electron chi connectivity index (χ3n) is 2.65. The maximum absolute atomic E-state index is 12.4. The highest BCUT2D eigenvalue weighted by Crippen LogP contribution is 2.25. The molecule has 0 aliphatic rings. The SMILES string of the molecule is FC(F)c1nnc(-c2cnc(Nc3ccccc3Cl)nc2)o1. The Morgan fingerprint density at radius 2 is 1.82 bits per heavy atom. The fourth-order valence-electron chi connectivity index (χ4n) is 1.63. The van der Waals surface area contributed by atoms with Crippen molar-refractivity contribution in [3.63, 3.8) is 0 Å². The Morgan fingerprint density at radius 3 is 2.45 bits per heavy atom. The van der Waals surface area contributed by atoms with Crippen LogP contribution in [0.3, 0.4) is 0 Å². The Labute approximate surface area is 128 Å². The minimum atomic E-state index is -2.82. The number of para-hydroxylation sites is 1. The number of nitrogens with one attached hydrogen (secondary N) is 1. The standard InChI is InChI=1S/C13H8ClF2N5O/c14-8-3-1-2-4-9(8)19-13-17-5-7(6-18-13)11-20-21-12(22-11)10(15)16/h1-6,10H,(H,17,18,19). The van der Waals surface area contributed by atoms with Crippen LogP contribution in [0.2, 0.25) is 5.02 Å². The van der Waals surface area contributed by atoms with Crippen LogP contribution in [0.1, 0.15) is 12.3 Å². The molecule has 22 heavy (non-hydrogen) atoms. The number of aromatic nitrogens is 4. The average Bonchev–Trinajstić information content (AvgIpc) is 3.00. The summed E-state index contributed by atoms with van der Waals surface area (Å²) in [6.45, 7) is 0. The zero-order valence-electron chi connectivity index (χ0n) is 10.9. The Bertz CT molecular complexity index is 778. The Morgan fingerprint density at radius 1 is 1.09 bits per heavy atom. The first-order chi connectivity index (χ1) is 10.6. The molecule has 112 valence electrons. The first-order valence-electron chi connectivity index (χ1n) is 6.09. The third-order valence-corrected chi connectivity index (χ3v) is 2.98. The molecule has 3 aromatic rings. The van der Waals surface area contributed by atoms with Crippen molar-refractivity contribution in [2.24, 2.45) is 0 Å². The second-order valence-electron chi connectivity index (χ2n) is 4.15. The quantitative estimate of drug-likeness (QED) is 0.785. The van der Waals surface area contributed by atoms with Crippen molar-refractivity contribution in [1.29, 1.82) is 0 Å². The molecule has 0 saturated heterocycles. The van der Waals surface area contributed by atoms with Crippen LogP contribution in [0.25, 0.3) is 11.5 Å². The molecule has 0 unspecified atom stereocenters. The lowest BCUT2D eigenvalue weighted by Crippen LogP contribution is -1.97. The first kappa shape index (κ1) is 14.3. The van der Waals surface area contributed by atoms with E-state index in [0.717, 1.165) is 0 Å². The fraction of sp³-hybridized carbons (Fsp3) is 0.0769. The number of halogens is 3. The van der Waals surface area contributed by atoms with Crippen LogP contribution in [-0.4, -0.2) is 20.2 Å². The van der Waals surface area contributed by atoms with Crippen LogP contribution in [0, 0.1) is 0 Å². The van der Waals surface area contributed by atoms with Gasteiger partial charge in [0.1, 0.15) is 0 Å². The molecular formula is C13H8ClF2N5O. The van der Waals surface area contributed by atoms with Gasteiger partial charge < -0.3 is 9.73 Å². The van der Waals surface area contributed by atoms with E-state index in [0.29, 0.717) is 22.2 Å². The Kier molecular flexibility index (Phi) is 3.92. The zero-order chi connectivity index (χ0) is 15.5. The molecule has 0 amide bonds. The summed E-state index contributed by atoms with van der Waals surface area (Å²) >= 11 is 6.01. The fourth-order valence-corrected chi connectivity index (χ4v) is 1.81. The van der Waals surface area contributed by atoms with E-state index in [9.17, 15) is 8.78 Å². The van der Waals surface area contributed by atoms with Gasteiger partial charge >= 0.3 is 6.43 Å². The predicted octanol–water partition coefficient (Wildman–Crippen LogP) is 3.86. The van der Waals surface area contributed by atoms with Gasteiger partial charge in [0, 0.05) is 12.4 Å². The third kappa shape index (κ3) is 3.01. The number of hydrogen-bond acceptors (Lipinski definition) is 6. The van der Waals surface area contributed by atoms with E-state index in [4.69, 9.17) is 16.0 Å². The lowest BCUT2D eigenvalue weighted by atomic mass is 10.3. The summed E-state index contributed by atoms with van der Waals surface area (Å²) in [5.41, 5.74) is 0.985. The van der Waals surface area contributed by atoms with Gasteiger partial charge in [-0.05, 0) is 12.1 Å². The van der Waals surface area contributed by atoms with E-state index >= 15 is 0 Å². The van der Waals surface area contributed by atoms with E-state index in [1.807, 2.05) is 6.07 Å². The molecule has 0 bridgehead atoms. The van der Waals surface area contributed by atoms with Crippen LogP contribution in [0.15, 0.2) is 41.1 Å². The van der Waals surface area contributed by atoms with Crippen LogP contribution in [0.4, 0.5) is 20.4 Å². The van der Waals surface area contributed by atoms with E-state index in [1.54, 1.807) is 18.2 Å². The van der Waals surface area contributed by atoms with Crippen LogP contribution < -0.4 is 5.32 Å². The summed E-state index contributed by atoms with van der Waals surface area (Å²) in [5.74, 6) is -0.515. The number of rotatable bonds is 4. The summed E-state index contributed by atoms with van der Waals surface area (Å²) in [4.78, 5) is 8.10. The second-order valence-corrected chi connectivity index (χ2v) is 4.55. The highest BCUT2D eigenvalue weighted by molar-refractivity contribution is 6.33. The van der Waals surface area contributed by atoms with Gasteiger partial charge in [0.05, 0.1) is 16.3 Å². The van der Waals surface area contributed by atoms with Crippen LogP contribution in [0.5, 0.6) is 0 Å². The Hall–Kier alpha value is -2.61. The van der Waals surface area contributed by atoms with Crippen molar-refractivity contribution in [2.45, 2.75) is 6.43 Å². The summed E-state index contributed by atoms with van der Waals surface area (Å²) in [6, 6.07) is 7.11. The van der Waals surface area contributed by atoms with Gasteiger partial charge in [-0.25, -0.2) is 9.97 Å². The van der Waals surface area contributed by atoms with E-state index < -0.39 is 12.3 Å². The average molecular weight is 324 g/mol. The largest absolute Gasteiger partial charge is 0.415 e. The molecule has 0 radical (unpaired) electrons. The van der Waals surface area contributed by atoms with Crippen LogP contribution >= 0.6 is 11.6 Å². The van der Waals surface area contributed by atoms with Crippen molar-refractivity contribution in [2.75, 3.05) is 5.32 Å². The molecule has 2 aromatic heterocycles. The minimum absolute atomic E-state index is 0.0698. The van der Waals surface area contributed by atoms with Crippen molar-refractivity contribution in [3.05, 3.63) is 47.6 Å². The monoisotopic (exact) mass is 323 g/mol. The lowest BCUT2D eigenvalue weighted by Gasteiger charge is -2.06. The molecule has 3 rings (SSSR count). The molecule has 1 N–H and O–H groups in total. The second kappa shape index (κ2) is 6.02. The molecule has 0 atom stereocenters. The van der Waals surface area contributed by atoms with Gasteiger partial charge in [-0.1, -0.05) is 23.7 Å². The van der Waals surface area contributed by atoms with Crippen molar-refractivity contribution >= 4 is 23.2 Å². The molecule has 0 aliphatic heterocycles. The highest BCUT2D eigenvalue weighted by Gasteiger charge is 2.17. The topological polar surface area (TPSA) is 76.7 Å². The number of hydrogen-bond donors (Lipinski definition) is 1. The van der Waals surface area contributed by atoms with Gasteiger partial charge in [-0.2, -0.15) is 8.78 Å². The highest BCUT2D eigenvalue weighted by atomic mass is 35.5. The van der Waals surface area contributed by atoms with E-state index in [1.165, 1.54) is 12.4 Å². The van der Waals surface area contributed by atoms with Crippen molar-refractivity contribution in [1.82, 2.24) is 20.2 Å². The van der Waals surface area contributed by atoms with Gasteiger partial charge in [0.2, 0.25) is 5.95 Å². The van der Waals surface area contributed by atoms with Gasteiger partial charge in [-0.15, -0.1) is 10.2 Å². The van der Waals surface area contributed by atoms with Crippen LogP contribution in [-0.2, 0) is 0 Å². The van der Waals surface area contributed by atoms with E-state index in [-0.39, 0.29) is 5.89 Å².